The molecule has 0 aromatic heterocycles. The van der Waals surface area contributed by atoms with E-state index in [1.165, 1.54) is 12.5 Å². The van der Waals surface area contributed by atoms with Crippen LogP contribution in [0, 0.1) is 11.3 Å². The Balaban J connectivity index is 1.78. The van der Waals surface area contributed by atoms with Crippen LogP contribution in [0.2, 0.25) is 0 Å². The first-order chi connectivity index (χ1) is 8.90. The van der Waals surface area contributed by atoms with Crippen LogP contribution in [0.15, 0.2) is 18.2 Å². The summed E-state index contributed by atoms with van der Waals surface area (Å²) in [5.74, 6) is -0.147. The Morgan fingerprint density at radius 2 is 2.21 bits per heavy atom. The fraction of sp³-hybridized carbons (Fsp3) is 0.533. The first-order valence-corrected chi connectivity index (χ1v) is 6.72. The zero-order valence-electron chi connectivity index (χ0n) is 11.6. The molecule has 1 aromatic carbocycles. The van der Waals surface area contributed by atoms with Crippen LogP contribution >= 0.6 is 0 Å². The molecule has 2 rings (SSSR count). The van der Waals surface area contributed by atoms with E-state index in [4.69, 9.17) is 10.8 Å². The van der Waals surface area contributed by atoms with Gasteiger partial charge in [0, 0.05) is 5.69 Å². The molecule has 0 saturated heterocycles. The van der Waals surface area contributed by atoms with Crippen molar-refractivity contribution in [2.24, 2.45) is 11.3 Å². The highest BCUT2D eigenvalue weighted by atomic mass is 16.4. The molecule has 19 heavy (non-hydrogen) atoms. The van der Waals surface area contributed by atoms with Crippen LogP contribution in [0.25, 0.3) is 0 Å². The monoisotopic (exact) mass is 262 g/mol. The predicted molar refractivity (Wildman–Crippen MR) is 76.3 cm³/mol. The van der Waals surface area contributed by atoms with Crippen LogP contribution in [0.4, 0.5) is 5.69 Å². The topological polar surface area (TPSA) is 75.3 Å². The molecular formula is C15H22N2O2. The zero-order valence-corrected chi connectivity index (χ0v) is 11.6. The smallest absolute Gasteiger partial charge is 0.335 e. The van der Waals surface area contributed by atoms with E-state index in [9.17, 15) is 4.79 Å². The highest BCUT2D eigenvalue weighted by Crippen LogP contribution is 2.50. The number of nitrogen functional groups attached to an aromatic ring is 1. The van der Waals surface area contributed by atoms with Crippen molar-refractivity contribution in [1.82, 2.24) is 5.32 Å². The van der Waals surface area contributed by atoms with E-state index in [0.717, 1.165) is 31.0 Å². The van der Waals surface area contributed by atoms with Gasteiger partial charge in [0.05, 0.1) is 5.56 Å². The van der Waals surface area contributed by atoms with Crippen LogP contribution in [-0.2, 0) is 6.42 Å². The Morgan fingerprint density at radius 3 is 2.74 bits per heavy atom. The van der Waals surface area contributed by atoms with Gasteiger partial charge in [-0.05, 0) is 55.0 Å². The van der Waals surface area contributed by atoms with Gasteiger partial charge in [0.2, 0.25) is 0 Å². The summed E-state index contributed by atoms with van der Waals surface area (Å²) >= 11 is 0. The Labute approximate surface area is 114 Å². The summed E-state index contributed by atoms with van der Waals surface area (Å²) in [6.45, 7) is 6.52. The largest absolute Gasteiger partial charge is 0.478 e. The molecule has 1 atom stereocenters. The number of benzene rings is 1. The van der Waals surface area contributed by atoms with E-state index in [-0.39, 0.29) is 5.56 Å². The summed E-state index contributed by atoms with van der Waals surface area (Å²) in [7, 11) is 0. The number of carbonyl (C=O) groups is 1. The third-order valence-corrected chi connectivity index (χ3v) is 4.07. The van der Waals surface area contributed by atoms with Gasteiger partial charge in [0.1, 0.15) is 0 Å². The third-order valence-electron chi connectivity index (χ3n) is 4.07. The number of carboxylic acids is 1. The number of nitrogens with two attached hydrogens (primary N) is 1. The van der Waals surface area contributed by atoms with Crippen molar-refractivity contribution >= 4 is 11.7 Å². The first-order valence-electron chi connectivity index (χ1n) is 6.72. The maximum atomic E-state index is 10.8. The molecule has 0 bridgehead atoms. The number of nitrogens with one attached hydrogen (secondary N) is 1. The van der Waals surface area contributed by atoms with Crippen LogP contribution in [-0.4, -0.2) is 24.2 Å². The number of anilines is 1. The molecule has 4 N–H and O–H groups in total. The number of hydrogen-bond donors (Lipinski definition) is 3. The molecule has 0 amide bonds. The van der Waals surface area contributed by atoms with Crippen molar-refractivity contribution in [3.8, 4) is 0 Å². The summed E-state index contributed by atoms with van der Waals surface area (Å²) in [4.78, 5) is 10.8. The van der Waals surface area contributed by atoms with Crippen molar-refractivity contribution in [2.75, 3.05) is 18.8 Å². The SMILES string of the molecule is CC1(C)CC1CNCCc1ccc(C(=O)O)cc1N. The van der Waals surface area contributed by atoms with Gasteiger partial charge in [0.25, 0.3) is 0 Å². The second-order valence-corrected chi connectivity index (χ2v) is 6.06. The number of aromatic carboxylic acids is 1. The minimum atomic E-state index is -0.938. The lowest BCUT2D eigenvalue weighted by Crippen LogP contribution is -2.21. The minimum Gasteiger partial charge on any atom is -0.478 e. The summed E-state index contributed by atoms with van der Waals surface area (Å²) < 4.78 is 0. The van der Waals surface area contributed by atoms with Crippen molar-refractivity contribution in [1.29, 1.82) is 0 Å². The Morgan fingerprint density at radius 1 is 1.53 bits per heavy atom. The zero-order chi connectivity index (χ0) is 14.0. The molecule has 0 heterocycles. The van der Waals surface area contributed by atoms with E-state index < -0.39 is 5.97 Å². The molecule has 1 saturated carbocycles. The van der Waals surface area contributed by atoms with Gasteiger partial charge in [-0.1, -0.05) is 19.9 Å². The highest BCUT2D eigenvalue weighted by molar-refractivity contribution is 5.88. The normalized spacial score (nSPS) is 20.2. The van der Waals surface area contributed by atoms with Gasteiger partial charge in [-0.3, -0.25) is 0 Å². The fourth-order valence-corrected chi connectivity index (χ4v) is 2.38. The highest BCUT2D eigenvalue weighted by Gasteiger charge is 2.44. The standard InChI is InChI=1S/C15H22N2O2/c1-15(2)8-12(15)9-17-6-5-10-3-4-11(14(18)19)7-13(10)16/h3-4,7,12,17H,5-6,8-9,16H2,1-2H3,(H,18,19). The van der Waals surface area contributed by atoms with Crippen molar-refractivity contribution in [3.63, 3.8) is 0 Å². The predicted octanol–water partition coefficient (Wildman–Crippen LogP) is 2.15. The third kappa shape index (κ3) is 3.47. The summed E-state index contributed by atoms with van der Waals surface area (Å²) in [6, 6.07) is 4.95. The molecule has 104 valence electrons. The van der Waals surface area contributed by atoms with Crippen LogP contribution in [0.1, 0.15) is 36.2 Å². The van der Waals surface area contributed by atoms with Crippen LogP contribution in [0.3, 0.4) is 0 Å². The second-order valence-electron chi connectivity index (χ2n) is 6.06. The summed E-state index contributed by atoms with van der Waals surface area (Å²) in [5.41, 5.74) is 8.19. The average molecular weight is 262 g/mol. The molecule has 0 radical (unpaired) electrons. The van der Waals surface area contributed by atoms with Gasteiger partial charge in [0.15, 0.2) is 0 Å². The minimum absolute atomic E-state index is 0.244. The van der Waals surface area contributed by atoms with Gasteiger partial charge >= 0.3 is 5.97 Å². The lowest BCUT2D eigenvalue weighted by molar-refractivity contribution is 0.0697. The van der Waals surface area contributed by atoms with Crippen LogP contribution < -0.4 is 11.1 Å². The van der Waals surface area contributed by atoms with E-state index in [2.05, 4.69) is 19.2 Å². The first kappa shape index (κ1) is 13.9. The van der Waals surface area contributed by atoms with Crippen LogP contribution in [0.5, 0.6) is 0 Å². The number of rotatable bonds is 6. The summed E-state index contributed by atoms with van der Waals surface area (Å²) in [5, 5.41) is 12.3. The molecule has 4 heteroatoms. The maximum absolute atomic E-state index is 10.8. The van der Waals surface area contributed by atoms with E-state index in [0.29, 0.717) is 11.1 Å². The summed E-state index contributed by atoms with van der Waals surface area (Å²) in [6.07, 6.45) is 2.13. The Hall–Kier alpha value is -1.55. The van der Waals surface area contributed by atoms with Gasteiger partial charge in [-0.2, -0.15) is 0 Å². The number of hydrogen-bond acceptors (Lipinski definition) is 3. The molecule has 4 nitrogen and oxygen atoms in total. The molecule has 1 aromatic rings. The lowest BCUT2D eigenvalue weighted by atomic mass is 10.1. The van der Waals surface area contributed by atoms with E-state index in [1.807, 2.05) is 6.07 Å². The molecule has 1 fully saturated rings. The molecule has 1 unspecified atom stereocenters. The average Bonchev–Trinajstić information content (AvgIpc) is 2.94. The van der Waals surface area contributed by atoms with E-state index >= 15 is 0 Å². The fourth-order valence-electron chi connectivity index (χ4n) is 2.38. The van der Waals surface area contributed by atoms with Crippen molar-refractivity contribution in [2.45, 2.75) is 26.7 Å². The molecule has 1 aliphatic rings. The van der Waals surface area contributed by atoms with Crippen molar-refractivity contribution < 1.29 is 9.90 Å². The Kier molecular flexibility index (Phi) is 3.80. The van der Waals surface area contributed by atoms with Gasteiger partial charge in [-0.15, -0.1) is 0 Å². The van der Waals surface area contributed by atoms with Crippen molar-refractivity contribution in [3.05, 3.63) is 29.3 Å². The molecular weight excluding hydrogens is 240 g/mol. The van der Waals surface area contributed by atoms with E-state index in [1.54, 1.807) is 6.07 Å². The quantitative estimate of drug-likeness (QED) is 0.542. The number of carboxylic acid groups (broad SMARTS) is 1. The van der Waals surface area contributed by atoms with Gasteiger partial charge in [-0.25, -0.2) is 4.79 Å². The van der Waals surface area contributed by atoms with Gasteiger partial charge < -0.3 is 16.2 Å². The Bertz CT molecular complexity index is 483. The second kappa shape index (κ2) is 5.21. The molecule has 0 aliphatic heterocycles. The molecule has 0 spiro atoms. The lowest BCUT2D eigenvalue weighted by Gasteiger charge is -2.09. The maximum Gasteiger partial charge on any atom is 0.335 e. The molecule has 1 aliphatic carbocycles.